The minimum Gasteiger partial charge on any atom is -0.478 e. The molecule has 7 nitrogen and oxygen atoms in total. The fourth-order valence-corrected chi connectivity index (χ4v) is 1.36. The van der Waals surface area contributed by atoms with Crippen molar-refractivity contribution in [2.45, 2.75) is 19.4 Å². The number of nitrogens with zero attached hydrogens (tertiary/aromatic N) is 1. The van der Waals surface area contributed by atoms with Gasteiger partial charge in [0.25, 0.3) is 0 Å². The maximum absolute atomic E-state index is 10.8. The molecule has 0 aliphatic carbocycles. The number of carboxylic acids is 1. The van der Waals surface area contributed by atoms with E-state index in [0.29, 0.717) is 0 Å². The standard InChI is InChI=1S/C10H14N4O3/c1-5(4-7(11)15)14-9-8(12)6(10(16)17)2-3-13-9/h2-3,5H,4,12H2,1H3,(H2,11,15)(H,13,14)(H,16,17). The number of aromatic nitrogens is 1. The van der Waals surface area contributed by atoms with Crippen LogP contribution in [0.25, 0.3) is 0 Å². The van der Waals surface area contributed by atoms with Gasteiger partial charge in [0, 0.05) is 18.7 Å². The highest BCUT2D eigenvalue weighted by Crippen LogP contribution is 2.20. The first kappa shape index (κ1) is 12.8. The fourth-order valence-electron chi connectivity index (χ4n) is 1.36. The van der Waals surface area contributed by atoms with Crippen LogP contribution in [-0.2, 0) is 4.79 Å². The van der Waals surface area contributed by atoms with Gasteiger partial charge in [-0.3, -0.25) is 4.79 Å². The van der Waals surface area contributed by atoms with Gasteiger partial charge >= 0.3 is 5.97 Å². The Morgan fingerprint density at radius 2 is 2.24 bits per heavy atom. The van der Waals surface area contributed by atoms with Crippen molar-refractivity contribution in [3.05, 3.63) is 17.8 Å². The summed E-state index contributed by atoms with van der Waals surface area (Å²) < 4.78 is 0. The second kappa shape index (κ2) is 5.15. The Kier molecular flexibility index (Phi) is 3.86. The molecule has 1 rings (SSSR count). The van der Waals surface area contributed by atoms with Crippen molar-refractivity contribution in [2.24, 2.45) is 5.73 Å². The van der Waals surface area contributed by atoms with Crippen LogP contribution in [0.5, 0.6) is 0 Å². The van der Waals surface area contributed by atoms with Crippen LogP contribution < -0.4 is 16.8 Å². The molecule has 1 unspecified atom stereocenters. The zero-order valence-electron chi connectivity index (χ0n) is 9.30. The van der Waals surface area contributed by atoms with Crippen molar-refractivity contribution in [1.82, 2.24) is 4.98 Å². The molecule has 0 aromatic carbocycles. The Hall–Kier alpha value is -2.31. The second-order valence-corrected chi connectivity index (χ2v) is 3.64. The summed E-state index contributed by atoms with van der Waals surface area (Å²) in [4.78, 5) is 25.4. The smallest absolute Gasteiger partial charge is 0.337 e. The Morgan fingerprint density at radius 3 is 2.76 bits per heavy atom. The minimum atomic E-state index is -1.13. The van der Waals surface area contributed by atoms with Gasteiger partial charge in [-0.15, -0.1) is 0 Å². The molecule has 0 saturated heterocycles. The number of carboxylic acid groups (broad SMARTS) is 1. The van der Waals surface area contributed by atoms with Gasteiger partial charge in [-0.25, -0.2) is 9.78 Å². The van der Waals surface area contributed by atoms with Crippen molar-refractivity contribution < 1.29 is 14.7 Å². The van der Waals surface area contributed by atoms with Gasteiger partial charge in [-0.2, -0.15) is 0 Å². The van der Waals surface area contributed by atoms with Crippen LogP contribution in [0.4, 0.5) is 11.5 Å². The third-order valence-corrected chi connectivity index (χ3v) is 2.11. The van der Waals surface area contributed by atoms with Crippen LogP contribution in [0.15, 0.2) is 12.3 Å². The molecular weight excluding hydrogens is 224 g/mol. The van der Waals surface area contributed by atoms with Crippen molar-refractivity contribution in [2.75, 3.05) is 11.1 Å². The maximum atomic E-state index is 10.8. The van der Waals surface area contributed by atoms with E-state index >= 15 is 0 Å². The molecule has 17 heavy (non-hydrogen) atoms. The summed E-state index contributed by atoms with van der Waals surface area (Å²) in [5.74, 6) is -1.35. The molecule has 92 valence electrons. The number of hydrogen-bond acceptors (Lipinski definition) is 5. The summed E-state index contributed by atoms with van der Waals surface area (Å²) in [6, 6.07) is 1.04. The molecule has 0 aliphatic rings. The number of nitrogen functional groups attached to an aromatic ring is 1. The molecule has 0 spiro atoms. The Labute approximate surface area is 97.8 Å². The van der Waals surface area contributed by atoms with Crippen LogP contribution in [0.3, 0.4) is 0 Å². The number of nitrogens with one attached hydrogen (secondary N) is 1. The van der Waals surface area contributed by atoms with E-state index < -0.39 is 11.9 Å². The first-order chi connectivity index (χ1) is 7.91. The molecule has 0 aliphatic heterocycles. The molecule has 0 fully saturated rings. The average molecular weight is 238 g/mol. The lowest BCUT2D eigenvalue weighted by Crippen LogP contribution is -2.25. The summed E-state index contributed by atoms with van der Waals surface area (Å²) in [6.07, 6.45) is 1.44. The van der Waals surface area contributed by atoms with E-state index in [-0.39, 0.29) is 29.5 Å². The van der Waals surface area contributed by atoms with Crippen LogP contribution >= 0.6 is 0 Å². The molecule has 6 N–H and O–H groups in total. The van der Waals surface area contributed by atoms with E-state index in [9.17, 15) is 9.59 Å². The SMILES string of the molecule is CC(CC(N)=O)Nc1nccc(C(=O)O)c1N. The van der Waals surface area contributed by atoms with Crippen LogP contribution in [-0.4, -0.2) is 28.0 Å². The van der Waals surface area contributed by atoms with E-state index in [1.165, 1.54) is 12.3 Å². The third-order valence-electron chi connectivity index (χ3n) is 2.11. The average Bonchev–Trinajstić information content (AvgIpc) is 2.19. The van der Waals surface area contributed by atoms with Gasteiger partial charge in [0.05, 0.1) is 11.3 Å². The summed E-state index contributed by atoms with van der Waals surface area (Å²) in [5.41, 5.74) is 10.7. The van der Waals surface area contributed by atoms with E-state index in [4.69, 9.17) is 16.6 Å². The monoisotopic (exact) mass is 238 g/mol. The number of pyridine rings is 1. The normalized spacial score (nSPS) is 11.8. The van der Waals surface area contributed by atoms with Gasteiger partial charge in [-0.05, 0) is 13.0 Å². The number of rotatable bonds is 5. The summed E-state index contributed by atoms with van der Waals surface area (Å²) >= 11 is 0. The molecule has 0 bridgehead atoms. The van der Waals surface area contributed by atoms with Crippen LogP contribution in [0.2, 0.25) is 0 Å². The van der Waals surface area contributed by atoms with E-state index in [2.05, 4.69) is 10.3 Å². The number of hydrogen-bond donors (Lipinski definition) is 4. The molecule has 1 aromatic heterocycles. The first-order valence-electron chi connectivity index (χ1n) is 4.94. The lowest BCUT2D eigenvalue weighted by molar-refractivity contribution is -0.118. The molecular formula is C10H14N4O3. The van der Waals surface area contributed by atoms with Gasteiger partial charge < -0.3 is 21.9 Å². The lowest BCUT2D eigenvalue weighted by Gasteiger charge is -2.15. The Morgan fingerprint density at radius 1 is 1.59 bits per heavy atom. The van der Waals surface area contributed by atoms with Crippen LogP contribution in [0, 0.1) is 0 Å². The van der Waals surface area contributed by atoms with Gasteiger partial charge in [0.15, 0.2) is 0 Å². The van der Waals surface area contributed by atoms with Crippen molar-refractivity contribution >= 4 is 23.4 Å². The Balaban J connectivity index is 2.88. The molecule has 1 amide bonds. The van der Waals surface area contributed by atoms with Crippen LogP contribution in [0.1, 0.15) is 23.7 Å². The van der Waals surface area contributed by atoms with E-state index in [1.807, 2.05) is 0 Å². The second-order valence-electron chi connectivity index (χ2n) is 3.64. The topological polar surface area (TPSA) is 131 Å². The zero-order valence-corrected chi connectivity index (χ0v) is 9.30. The number of carbonyl (C=O) groups is 2. The molecule has 1 heterocycles. The largest absolute Gasteiger partial charge is 0.478 e. The predicted molar refractivity (Wildman–Crippen MR) is 62.5 cm³/mol. The highest BCUT2D eigenvalue weighted by Gasteiger charge is 2.14. The number of amides is 1. The summed E-state index contributed by atoms with van der Waals surface area (Å²) in [6.45, 7) is 1.72. The predicted octanol–water partition coefficient (Wildman–Crippen LogP) is 0.0378. The van der Waals surface area contributed by atoms with Gasteiger partial charge in [0.1, 0.15) is 5.82 Å². The van der Waals surface area contributed by atoms with Crippen molar-refractivity contribution in [3.63, 3.8) is 0 Å². The van der Waals surface area contributed by atoms with Crippen molar-refractivity contribution in [3.8, 4) is 0 Å². The highest BCUT2D eigenvalue weighted by atomic mass is 16.4. The first-order valence-corrected chi connectivity index (χ1v) is 4.94. The molecule has 1 atom stereocenters. The van der Waals surface area contributed by atoms with E-state index in [0.717, 1.165) is 0 Å². The summed E-state index contributed by atoms with van der Waals surface area (Å²) in [5, 5.41) is 11.7. The van der Waals surface area contributed by atoms with Crippen molar-refractivity contribution in [1.29, 1.82) is 0 Å². The number of primary amides is 1. The summed E-state index contributed by atoms with van der Waals surface area (Å²) in [7, 11) is 0. The Bertz CT molecular complexity index is 447. The van der Waals surface area contributed by atoms with Gasteiger partial charge in [-0.1, -0.05) is 0 Å². The number of aromatic carboxylic acids is 1. The quantitative estimate of drug-likeness (QED) is 0.572. The number of nitrogens with two attached hydrogens (primary N) is 2. The van der Waals surface area contributed by atoms with Gasteiger partial charge in [0.2, 0.25) is 5.91 Å². The molecule has 0 radical (unpaired) electrons. The lowest BCUT2D eigenvalue weighted by atomic mass is 10.2. The fraction of sp³-hybridized carbons (Fsp3) is 0.300. The van der Waals surface area contributed by atoms with E-state index in [1.54, 1.807) is 6.92 Å². The molecule has 0 saturated carbocycles. The zero-order chi connectivity index (χ0) is 13.0. The number of carbonyl (C=O) groups excluding carboxylic acids is 1. The third kappa shape index (κ3) is 3.33. The molecule has 7 heteroatoms. The number of anilines is 2. The highest BCUT2D eigenvalue weighted by molar-refractivity contribution is 5.96. The minimum absolute atomic E-state index is 0.0335. The molecule has 1 aromatic rings. The maximum Gasteiger partial charge on any atom is 0.337 e.